The van der Waals surface area contributed by atoms with E-state index < -0.39 is 0 Å². The van der Waals surface area contributed by atoms with E-state index in [-0.39, 0.29) is 0 Å². The molecular formula is C14H30N2. The molecule has 1 saturated heterocycles. The molecule has 0 amide bonds. The highest BCUT2D eigenvalue weighted by atomic mass is 15.1. The van der Waals surface area contributed by atoms with Gasteiger partial charge in [-0.1, -0.05) is 20.3 Å². The fourth-order valence-electron chi connectivity index (χ4n) is 2.90. The smallest absolute Gasteiger partial charge is 0.00357 e. The van der Waals surface area contributed by atoms with Crippen LogP contribution in [-0.2, 0) is 0 Å². The number of likely N-dealkylation sites (tertiary alicyclic amines) is 1. The zero-order valence-corrected chi connectivity index (χ0v) is 11.6. The molecule has 0 bridgehead atoms. The molecule has 0 aromatic carbocycles. The Morgan fingerprint density at radius 3 is 2.38 bits per heavy atom. The van der Waals surface area contributed by atoms with E-state index in [4.69, 9.17) is 0 Å². The van der Waals surface area contributed by atoms with Gasteiger partial charge in [0.15, 0.2) is 0 Å². The molecule has 1 N–H and O–H groups in total. The first kappa shape index (κ1) is 14.0. The lowest BCUT2D eigenvalue weighted by Gasteiger charge is -2.35. The van der Waals surface area contributed by atoms with Gasteiger partial charge in [0, 0.05) is 19.1 Å². The van der Waals surface area contributed by atoms with E-state index >= 15 is 0 Å². The van der Waals surface area contributed by atoms with E-state index in [0.29, 0.717) is 6.04 Å². The number of nitrogens with one attached hydrogen (secondary N) is 1. The number of hydrogen-bond donors (Lipinski definition) is 1. The van der Waals surface area contributed by atoms with Gasteiger partial charge in [0.1, 0.15) is 0 Å². The maximum atomic E-state index is 3.30. The molecule has 1 aliphatic heterocycles. The molecule has 0 aromatic heterocycles. The molecule has 2 heteroatoms. The number of rotatable bonds is 6. The van der Waals surface area contributed by atoms with Gasteiger partial charge in [-0.15, -0.1) is 0 Å². The summed E-state index contributed by atoms with van der Waals surface area (Å²) in [6.45, 7) is 11.0. The van der Waals surface area contributed by atoms with Gasteiger partial charge in [-0.3, -0.25) is 0 Å². The number of unbranched alkanes of at least 4 members (excludes halogenated alkanes) is 1. The lowest BCUT2D eigenvalue weighted by Crippen LogP contribution is -2.39. The van der Waals surface area contributed by atoms with Crippen LogP contribution >= 0.6 is 0 Å². The van der Waals surface area contributed by atoms with Crippen molar-refractivity contribution in [3.05, 3.63) is 0 Å². The van der Waals surface area contributed by atoms with Gasteiger partial charge in [0.25, 0.3) is 0 Å². The highest BCUT2D eigenvalue weighted by Gasteiger charge is 2.20. The third-order valence-corrected chi connectivity index (χ3v) is 3.80. The van der Waals surface area contributed by atoms with Gasteiger partial charge in [-0.25, -0.2) is 0 Å². The Balaban J connectivity index is 2.08. The van der Waals surface area contributed by atoms with Crippen molar-refractivity contribution in [1.82, 2.24) is 10.2 Å². The SMILES string of the molecule is CNC(C)CCCCN1CC(C)CC(C)C1. The molecule has 2 nitrogen and oxygen atoms in total. The van der Waals surface area contributed by atoms with Crippen LogP contribution in [0.3, 0.4) is 0 Å². The Kier molecular flexibility index (Phi) is 6.37. The molecule has 96 valence electrons. The summed E-state index contributed by atoms with van der Waals surface area (Å²) < 4.78 is 0. The van der Waals surface area contributed by atoms with Crippen LogP contribution in [0.5, 0.6) is 0 Å². The Bertz CT molecular complexity index is 172. The molecule has 1 heterocycles. The van der Waals surface area contributed by atoms with Crippen molar-refractivity contribution < 1.29 is 0 Å². The quantitative estimate of drug-likeness (QED) is 0.701. The molecule has 1 rings (SSSR count). The second kappa shape index (κ2) is 7.29. The maximum Gasteiger partial charge on any atom is 0.00357 e. The molecule has 0 radical (unpaired) electrons. The molecule has 0 spiro atoms. The van der Waals surface area contributed by atoms with Gasteiger partial charge in [-0.2, -0.15) is 0 Å². The highest BCUT2D eigenvalue weighted by molar-refractivity contribution is 4.74. The second-order valence-corrected chi connectivity index (χ2v) is 5.89. The molecule has 0 aromatic rings. The van der Waals surface area contributed by atoms with Crippen LogP contribution in [0.15, 0.2) is 0 Å². The zero-order chi connectivity index (χ0) is 12.0. The largest absolute Gasteiger partial charge is 0.317 e. The second-order valence-electron chi connectivity index (χ2n) is 5.89. The summed E-state index contributed by atoms with van der Waals surface area (Å²) >= 11 is 0. The van der Waals surface area contributed by atoms with E-state index in [0.717, 1.165) is 11.8 Å². The molecular weight excluding hydrogens is 196 g/mol. The minimum atomic E-state index is 0.680. The summed E-state index contributed by atoms with van der Waals surface area (Å²) in [5.74, 6) is 1.81. The monoisotopic (exact) mass is 226 g/mol. The fourth-order valence-corrected chi connectivity index (χ4v) is 2.90. The molecule has 0 aliphatic carbocycles. The average Bonchev–Trinajstić information content (AvgIpc) is 2.22. The Labute approximate surface area is 102 Å². The van der Waals surface area contributed by atoms with Crippen LogP contribution in [0.2, 0.25) is 0 Å². The minimum Gasteiger partial charge on any atom is -0.317 e. The predicted octanol–water partition coefficient (Wildman–Crippen LogP) is 2.74. The number of piperidine rings is 1. The van der Waals surface area contributed by atoms with E-state index in [1.165, 1.54) is 45.3 Å². The van der Waals surface area contributed by atoms with E-state index in [1.54, 1.807) is 0 Å². The first-order chi connectivity index (χ1) is 7.61. The summed E-state index contributed by atoms with van der Waals surface area (Å²) in [6.07, 6.45) is 5.47. The van der Waals surface area contributed by atoms with Gasteiger partial charge in [0.05, 0.1) is 0 Å². The lowest BCUT2D eigenvalue weighted by molar-refractivity contribution is 0.138. The standard InChI is InChI=1S/C14H30N2/c1-12-9-13(2)11-16(10-12)8-6-5-7-14(3)15-4/h12-15H,5-11H2,1-4H3. The fraction of sp³-hybridized carbons (Fsp3) is 1.00. The van der Waals surface area contributed by atoms with Crippen LogP contribution in [-0.4, -0.2) is 37.6 Å². The third kappa shape index (κ3) is 5.31. The summed E-state index contributed by atoms with van der Waals surface area (Å²) in [5, 5.41) is 3.30. The van der Waals surface area contributed by atoms with Crippen LogP contribution in [0.1, 0.15) is 46.5 Å². The van der Waals surface area contributed by atoms with Crippen LogP contribution in [0.4, 0.5) is 0 Å². The van der Waals surface area contributed by atoms with Crippen molar-refractivity contribution >= 4 is 0 Å². The number of hydrogen-bond acceptors (Lipinski definition) is 2. The van der Waals surface area contributed by atoms with Crippen molar-refractivity contribution in [3.8, 4) is 0 Å². The molecule has 0 saturated carbocycles. The van der Waals surface area contributed by atoms with E-state index in [1.807, 2.05) is 0 Å². The Hall–Kier alpha value is -0.0800. The van der Waals surface area contributed by atoms with Crippen molar-refractivity contribution in [2.75, 3.05) is 26.7 Å². The Morgan fingerprint density at radius 2 is 1.81 bits per heavy atom. The molecule has 16 heavy (non-hydrogen) atoms. The van der Waals surface area contributed by atoms with Crippen LogP contribution < -0.4 is 5.32 Å². The van der Waals surface area contributed by atoms with E-state index in [9.17, 15) is 0 Å². The van der Waals surface area contributed by atoms with Gasteiger partial charge < -0.3 is 10.2 Å². The molecule has 1 aliphatic rings. The summed E-state index contributed by atoms with van der Waals surface area (Å²) in [5.41, 5.74) is 0. The summed E-state index contributed by atoms with van der Waals surface area (Å²) in [6, 6.07) is 0.680. The minimum absolute atomic E-state index is 0.680. The summed E-state index contributed by atoms with van der Waals surface area (Å²) in [4.78, 5) is 2.67. The highest BCUT2D eigenvalue weighted by Crippen LogP contribution is 2.21. The van der Waals surface area contributed by atoms with Crippen molar-refractivity contribution in [3.63, 3.8) is 0 Å². The predicted molar refractivity (Wildman–Crippen MR) is 71.8 cm³/mol. The van der Waals surface area contributed by atoms with Gasteiger partial charge in [0.2, 0.25) is 0 Å². The first-order valence-corrected chi connectivity index (χ1v) is 7.01. The molecule has 3 atom stereocenters. The van der Waals surface area contributed by atoms with E-state index in [2.05, 4.69) is 38.0 Å². The van der Waals surface area contributed by atoms with Crippen molar-refractivity contribution in [2.45, 2.75) is 52.5 Å². The van der Waals surface area contributed by atoms with Crippen molar-refractivity contribution in [2.24, 2.45) is 11.8 Å². The van der Waals surface area contributed by atoms with Crippen molar-refractivity contribution in [1.29, 1.82) is 0 Å². The van der Waals surface area contributed by atoms with Gasteiger partial charge in [-0.05, 0) is 51.6 Å². The molecule has 3 unspecified atom stereocenters. The lowest BCUT2D eigenvalue weighted by atomic mass is 9.92. The third-order valence-electron chi connectivity index (χ3n) is 3.80. The summed E-state index contributed by atoms with van der Waals surface area (Å²) in [7, 11) is 2.05. The first-order valence-electron chi connectivity index (χ1n) is 7.01. The maximum absolute atomic E-state index is 3.30. The Morgan fingerprint density at radius 1 is 1.19 bits per heavy atom. The van der Waals surface area contributed by atoms with Crippen LogP contribution in [0.25, 0.3) is 0 Å². The van der Waals surface area contributed by atoms with Gasteiger partial charge >= 0.3 is 0 Å². The zero-order valence-electron chi connectivity index (χ0n) is 11.6. The topological polar surface area (TPSA) is 15.3 Å². The average molecular weight is 226 g/mol. The molecule has 1 fully saturated rings. The van der Waals surface area contributed by atoms with Crippen LogP contribution in [0, 0.1) is 11.8 Å². The normalized spacial score (nSPS) is 29.2. The number of nitrogens with zero attached hydrogens (tertiary/aromatic N) is 1.